The second-order valence-corrected chi connectivity index (χ2v) is 9.24. The zero-order valence-corrected chi connectivity index (χ0v) is 23.3. The third kappa shape index (κ3) is 6.41. The van der Waals surface area contributed by atoms with Gasteiger partial charge in [0.15, 0.2) is 5.11 Å². The van der Waals surface area contributed by atoms with E-state index in [0.717, 1.165) is 0 Å². The molecule has 1 unspecified atom stereocenters. The molecule has 1 aromatic heterocycles. The molecule has 13 heteroatoms. The number of nitrogens with one attached hydrogen (secondary N) is 3. The second kappa shape index (κ2) is 12.6. The van der Waals surface area contributed by atoms with Crippen molar-refractivity contribution in [2.75, 3.05) is 29.3 Å². The smallest absolute Gasteiger partial charge is 0.337 e. The Kier molecular flexibility index (Phi) is 8.48. The van der Waals surface area contributed by atoms with Crippen molar-refractivity contribution in [1.29, 1.82) is 0 Å². The van der Waals surface area contributed by atoms with Crippen LogP contribution in [0.5, 0.6) is 5.75 Å². The summed E-state index contributed by atoms with van der Waals surface area (Å²) in [5, 5.41) is 9.22. The monoisotopic (exact) mass is 589 g/mol. The molecular weight excluding hydrogens is 564 g/mol. The van der Waals surface area contributed by atoms with Gasteiger partial charge in [0.25, 0.3) is 0 Å². The fraction of sp³-hybridized carbons (Fsp3) is 0.138. The number of para-hydroxylation sites is 1. The molecule has 5 rings (SSSR count). The number of aromatic nitrogens is 3. The highest BCUT2D eigenvalue weighted by atomic mass is 32.1. The van der Waals surface area contributed by atoms with Crippen molar-refractivity contribution >= 4 is 52.5 Å². The van der Waals surface area contributed by atoms with Crippen LogP contribution < -0.4 is 25.6 Å². The lowest BCUT2D eigenvalue weighted by atomic mass is 9.97. The topological polar surface area (TPSA) is 114 Å². The minimum absolute atomic E-state index is 0.0144. The standard InChI is InChI=1S/C29H25F2N7O3S/c1-3-41-25(39)22-16-38(29(42)34-24(22)21-12-4-5-13-23(21)40-2)28-36-26(32-19-10-6-8-17(30)14-19)35-27(37-28)33-20-11-7-9-18(31)15-20/h4-16,24H,3H2,1-2H3,(H,34,42)(H2,32,33,35,36,37). The van der Waals surface area contributed by atoms with Gasteiger partial charge in [0.1, 0.15) is 17.4 Å². The summed E-state index contributed by atoms with van der Waals surface area (Å²) in [7, 11) is 1.53. The lowest BCUT2D eigenvalue weighted by molar-refractivity contribution is -0.138. The number of methoxy groups -OCH3 is 1. The van der Waals surface area contributed by atoms with Gasteiger partial charge in [-0.05, 0) is 61.6 Å². The van der Waals surface area contributed by atoms with Crippen molar-refractivity contribution in [1.82, 2.24) is 20.3 Å². The average molecular weight is 590 g/mol. The molecule has 0 spiro atoms. The molecule has 1 aliphatic heterocycles. The number of hydrogen-bond acceptors (Lipinski definition) is 9. The first kappa shape index (κ1) is 28.4. The number of halogens is 2. The van der Waals surface area contributed by atoms with E-state index >= 15 is 0 Å². The highest BCUT2D eigenvalue weighted by Crippen LogP contribution is 2.34. The van der Waals surface area contributed by atoms with Crippen molar-refractivity contribution in [3.05, 3.63) is 102 Å². The second-order valence-electron chi connectivity index (χ2n) is 8.85. The van der Waals surface area contributed by atoms with Crippen molar-refractivity contribution < 1.29 is 23.0 Å². The molecule has 0 saturated heterocycles. The summed E-state index contributed by atoms with van der Waals surface area (Å²) < 4.78 is 38.6. The number of ether oxygens (including phenoxy) is 2. The van der Waals surface area contributed by atoms with E-state index in [0.29, 0.717) is 22.7 Å². The summed E-state index contributed by atoms with van der Waals surface area (Å²) in [6, 6.07) is 18.0. The van der Waals surface area contributed by atoms with Crippen LogP contribution in [-0.2, 0) is 9.53 Å². The molecule has 10 nitrogen and oxygen atoms in total. The number of rotatable bonds is 9. The highest BCUT2D eigenvalue weighted by molar-refractivity contribution is 7.80. The molecule has 0 bridgehead atoms. The Balaban J connectivity index is 1.59. The molecule has 42 heavy (non-hydrogen) atoms. The van der Waals surface area contributed by atoms with Crippen LogP contribution in [0.2, 0.25) is 0 Å². The number of thiocarbonyl (C=S) groups is 1. The molecule has 0 aliphatic carbocycles. The summed E-state index contributed by atoms with van der Waals surface area (Å²) in [4.78, 5) is 27.9. The maximum Gasteiger partial charge on any atom is 0.337 e. The average Bonchev–Trinajstić information content (AvgIpc) is 2.97. The van der Waals surface area contributed by atoms with E-state index in [1.807, 2.05) is 18.2 Å². The predicted molar refractivity (Wildman–Crippen MR) is 158 cm³/mol. The molecule has 0 radical (unpaired) electrons. The Morgan fingerprint density at radius 1 is 0.952 bits per heavy atom. The Bertz CT molecular complexity index is 1600. The lowest BCUT2D eigenvalue weighted by Crippen LogP contribution is -2.46. The van der Waals surface area contributed by atoms with Gasteiger partial charge in [-0.25, -0.2) is 13.6 Å². The van der Waals surface area contributed by atoms with Crippen LogP contribution in [0.25, 0.3) is 0 Å². The molecule has 1 aliphatic rings. The zero-order valence-electron chi connectivity index (χ0n) is 22.5. The van der Waals surface area contributed by atoms with Crippen LogP contribution in [0.15, 0.2) is 84.6 Å². The zero-order chi connectivity index (χ0) is 29.6. The fourth-order valence-corrected chi connectivity index (χ4v) is 4.45. The van der Waals surface area contributed by atoms with Crippen molar-refractivity contribution in [2.24, 2.45) is 0 Å². The van der Waals surface area contributed by atoms with Gasteiger partial charge in [-0.1, -0.05) is 30.3 Å². The lowest BCUT2D eigenvalue weighted by Gasteiger charge is -2.33. The highest BCUT2D eigenvalue weighted by Gasteiger charge is 2.34. The van der Waals surface area contributed by atoms with E-state index in [-0.39, 0.29) is 35.1 Å². The van der Waals surface area contributed by atoms with E-state index in [1.54, 1.807) is 25.1 Å². The van der Waals surface area contributed by atoms with Gasteiger partial charge in [0, 0.05) is 23.1 Å². The first-order valence-corrected chi connectivity index (χ1v) is 13.2. The molecule has 3 aromatic carbocycles. The van der Waals surface area contributed by atoms with Crippen molar-refractivity contribution in [3.63, 3.8) is 0 Å². The molecule has 214 valence electrons. The van der Waals surface area contributed by atoms with Gasteiger partial charge < -0.3 is 25.4 Å². The summed E-state index contributed by atoms with van der Waals surface area (Å²) in [5.74, 6) is -0.879. The van der Waals surface area contributed by atoms with Gasteiger partial charge in [0.2, 0.25) is 17.8 Å². The fourth-order valence-electron chi connectivity index (χ4n) is 4.20. The molecule has 3 N–H and O–H groups in total. The number of carbonyl (C=O) groups is 1. The van der Waals surface area contributed by atoms with E-state index < -0.39 is 23.6 Å². The van der Waals surface area contributed by atoms with Crippen molar-refractivity contribution in [2.45, 2.75) is 13.0 Å². The van der Waals surface area contributed by atoms with Gasteiger partial charge in [-0.3, -0.25) is 4.90 Å². The molecule has 1 atom stereocenters. The van der Waals surface area contributed by atoms with Crippen LogP contribution in [0.4, 0.5) is 38.0 Å². The SMILES string of the molecule is CCOC(=O)C1=CN(c2nc(Nc3cccc(F)c3)nc(Nc3cccc(F)c3)n2)C(=S)NC1c1ccccc1OC. The summed E-state index contributed by atoms with van der Waals surface area (Å²) >= 11 is 5.69. The molecular formula is C29H25F2N7O3S. The van der Waals surface area contributed by atoms with Crippen molar-refractivity contribution in [3.8, 4) is 5.75 Å². The van der Waals surface area contributed by atoms with Crippen LogP contribution >= 0.6 is 12.2 Å². The van der Waals surface area contributed by atoms with Crippen LogP contribution in [-0.4, -0.2) is 39.8 Å². The Morgan fingerprint density at radius 2 is 1.57 bits per heavy atom. The normalized spacial score (nSPS) is 14.5. The van der Waals surface area contributed by atoms with Crippen LogP contribution in [0.3, 0.4) is 0 Å². The number of anilines is 5. The summed E-state index contributed by atoms with van der Waals surface area (Å²) in [6.45, 7) is 1.85. The summed E-state index contributed by atoms with van der Waals surface area (Å²) in [5.41, 5.74) is 1.64. The van der Waals surface area contributed by atoms with Gasteiger partial charge >= 0.3 is 5.97 Å². The van der Waals surface area contributed by atoms with E-state index in [2.05, 4.69) is 30.9 Å². The predicted octanol–water partition coefficient (Wildman–Crippen LogP) is 5.53. The molecule has 0 fully saturated rings. The summed E-state index contributed by atoms with van der Waals surface area (Å²) in [6.07, 6.45) is 1.49. The molecule has 0 saturated carbocycles. The van der Waals surface area contributed by atoms with E-state index in [4.69, 9.17) is 21.7 Å². The maximum atomic E-state index is 13.9. The largest absolute Gasteiger partial charge is 0.496 e. The first-order valence-electron chi connectivity index (χ1n) is 12.8. The number of benzene rings is 3. The first-order chi connectivity index (χ1) is 20.3. The van der Waals surface area contributed by atoms with E-state index in [9.17, 15) is 13.6 Å². The number of hydrogen-bond donors (Lipinski definition) is 3. The Hall–Kier alpha value is -5.17. The minimum atomic E-state index is -0.694. The van der Waals surface area contributed by atoms with Gasteiger partial charge in [-0.15, -0.1) is 0 Å². The number of nitrogens with zero attached hydrogens (tertiary/aromatic N) is 4. The maximum absolute atomic E-state index is 13.9. The molecule has 2 heterocycles. The van der Waals surface area contributed by atoms with Crippen LogP contribution in [0.1, 0.15) is 18.5 Å². The van der Waals surface area contributed by atoms with Crippen LogP contribution in [0, 0.1) is 11.6 Å². The van der Waals surface area contributed by atoms with Gasteiger partial charge in [-0.2, -0.15) is 15.0 Å². The molecule has 0 amide bonds. The Morgan fingerprint density at radius 3 is 2.14 bits per heavy atom. The number of carbonyl (C=O) groups excluding carboxylic acids is 1. The van der Waals surface area contributed by atoms with E-state index in [1.165, 1.54) is 54.6 Å². The van der Waals surface area contributed by atoms with Gasteiger partial charge in [0.05, 0.1) is 25.3 Å². The third-order valence-corrected chi connectivity index (χ3v) is 6.34. The Labute approximate surface area is 245 Å². The molecule has 4 aromatic rings. The third-order valence-electron chi connectivity index (χ3n) is 6.03. The number of esters is 1. The quantitative estimate of drug-likeness (QED) is 0.169. The minimum Gasteiger partial charge on any atom is -0.496 e.